The Hall–Kier alpha value is -4.11. The molecule has 0 radical (unpaired) electrons. The SMILES string of the molecule is O=c1c2ccccc2nc(SCc2nc(-c3ccc4c(c3)OCO4)no2)n1Cc1ccccc1. The summed E-state index contributed by atoms with van der Waals surface area (Å²) < 4.78 is 17.9. The van der Waals surface area contributed by atoms with Crippen LogP contribution in [0.5, 0.6) is 11.5 Å². The van der Waals surface area contributed by atoms with E-state index >= 15 is 0 Å². The van der Waals surface area contributed by atoms with E-state index in [2.05, 4.69) is 10.1 Å². The number of benzene rings is 3. The minimum atomic E-state index is -0.0801. The highest BCUT2D eigenvalue weighted by Gasteiger charge is 2.18. The summed E-state index contributed by atoms with van der Waals surface area (Å²) in [7, 11) is 0. The van der Waals surface area contributed by atoms with E-state index in [1.54, 1.807) is 10.6 Å². The quantitative estimate of drug-likeness (QED) is 0.264. The van der Waals surface area contributed by atoms with E-state index in [1.807, 2.05) is 66.7 Å². The second-order valence-corrected chi connectivity index (χ2v) is 8.60. The van der Waals surface area contributed by atoms with Crippen molar-refractivity contribution >= 4 is 22.7 Å². The molecule has 0 N–H and O–H groups in total. The van der Waals surface area contributed by atoms with Gasteiger partial charge in [0, 0.05) is 5.56 Å². The van der Waals surface area contributed by atoms with Gasteiger partial charge in [-0.2, -0.15) is 4.98 Å². The second-order valence-electron chi connectivity index (χ2n) is 7.66. The highest BCUT2D eigenvalue weighted by atomic mass is 32.2. The Kier molecular flexibility index (Phi) is 5.23. The highest BCUT2D eigenvalue weighted by molar-refractivity contribution is 7.98. The average molecular weight is 471 g/mol. The first-order valence-corrected chi connectivity index (χ1v) is 11.6. The van der Waals surface area contributed by atoms with E-state index in [0.717, 1.165) is 11.1 Å². The Labute approximate surface area is 198 Å². The third-order valence-electron chi connectivity index (χ3n) is 5.43. The fourth-order valence-corrected chi connectivity index (χ4v) is 4.59. The lowest BCUT2D eigenvalue weighted by Crippen LogP contribution is -2.24. The van der Waals surface area contributed by atoms with Crippen LogP contribution in [0.4, 0.5) is 0 Å². The lowest BCUT2D eigenvalue weighted by Gasteiger charge is -2.12. The summed E-state index contributed by atoms with van der Waals surface area (Å²) in [4.78, 5) is 22.5. The van der Waals surface area contributed by atoms with Crippen molar-refractivity contribution in [3.8, 4) is 22.9 Å². The van der Waals surface area contributed by atoms with Crippen molar-refractivity contribution in [2.24, 2.45) is 0 Å². The number of nitrogens with zero attached hydrogens (tertiary/aromatic N) is 4. The van der Waals surface area contributed by atoms with Crippen molar-refractivity contribution in [2.45, 2.75) is 17.5 Å². The molecule has 0 atom stereocenters. The maximum atomic E-state index is 13.3. The largest absolute Gasteiger partial charge is 0.454 e. The summed E-state index contributed by atoms with van der Waals surface area (Å²) in [5.74, 6) is 2.62. The van der Waals surface area contributed by atoms with Crippen molar-refractivity contribution < 1.29 is 14.0 Å². The van der Waals surface area contributed by atoms with E-state index in [1.165, 1.54) is 11.8 Å². The summed E-state index contributed by atoms with van der Waals surface area (Å²) in [6.07, 6.45) is 0. The molecule has 0 fully saturated rings. The molecule has 1 aliphatic heterocycles. The molecule has 6 rings (SSSR count). The molecule has 2 aromatic heterocycles. The molecule has 0 unspecified atom stereocenters. The van der Waals surface area contributed by atoms with Crippen LogP contribution in [0.15, 0.2) is 87.3 Å². The number of hydrogen-bond acceptors (Lipinski definition) is 8. The van der Waals surface area contributed by atoms with Crippen molar-refractivity contribution in [1.29, 1.82) is 0 Å². The van der Waals surface area contributed by atoms with Gasteiger partial charge in [0.25, 0.3) is 5.56 Å². The van der Waals surface area contributed by atoms with E-state index in [-0.39, 0.29) is 12.4 Å². The normalized spacial score (nSPS) is 12.4. The van der Waals surface area contributed by atoms with Gasteiger partial charge in [-0.15, -0.1) is 0 Å². The van der Waals surface area contributed by atoms with Gasteiger partial charge in [0.1, 0.15) is 0 Å². The summed E-state index contributed by atoms with van der Waals surface area (Å²) in [6.45, 7) is 0.627. The van der Waals surface area contributed by atoms with Gasteiger partial charge >= 0.3 is 0 Å². The topological polar surface area (TPSA) is 92.3 Å². The molecule has 0 amide bonds. The maximum absolute atomic E-state index is 13.3. The van der Waals surface area contributed by atoms with Crippen LogP contribution in [0.25, 0.3) is 22.3 Å². The van der Waals surface area contributed by atoms with Crippen molar-refractivity contribution in [3.05, 3.63) is 94.6 Å². The zero-order valence-electron chi connectivity index (χ0n) is 17.9. The fraction of sp³-hybridized carbons (Fsp3) is 0.120. The third-order valence-corrected chi connectivity index (χ3v) is 6.39. The molecule has 34 heavy (non-hydrogen) atoms. The van der Waals surface area contributed by atoms with Crippen LogP contribution in [-0.2, 0) is 12.3 Å². The molecule has 8 nitrogen and oxygen atoms in total. The molecule has 0 spiro atoms. The van der Waals surface area contributed by atoms with Crippen LogP contribution in [-0.4, -0.2) is 26.5 Å². The predicted octanol–water partition coefficient (Wildman–Crippen LogP) is 4.52. The molecule has 9 heteroatoms. The predicted molar refractivity (Wildman–Crippen MR) is 127 cm³/mol. The van der Waals surface area contributed by atoms with Gasteiger partial charge < -0.3 is 14.0 Å². The minimum absolute atomic E-state index is 0.0801. The number of thioether (sulfide) groups is 1. The number of fused-ring (bicyclic) bond motifs is 2. The molecular weight excluding hydrogens is 452 g/mol. The monoisotopic (exact) mass is 470 g/mol. The minimum Gasteiger partial charge on any atom is -0.454 e. The van der Waals surface area contributed by atoms with Gasteiger partial charge in [0.15, 0.2) is 16.7 Å². The molecule has 5 aromatic rings. The Balaban J connectivity index is 1.29. The van der Waals surface area contributed by atoms with Crippen LogP contribution in [0, 0.1) is 0 Å². The third kappa shape index (κ3) is 3.90. The van der Waals surface area contributed by atoms with Crippen molar-refractivity contribution in [2.75, 3.05) is 6.79 Å². The van der Waals surface area contributed by atoms with Gasteiger partial charge in [-0.25, -0.2) is 4.98 Å². The summed E-state index contributed by atoms with van der Waals surface area (Å²) in [5, 5.41) is 5.28. The Morgan fingerprint density at radius 1 is 0.912 bits per heavy atom. The summed E-state index contributed by atoms with van der Waals surface area (Å²) >= 11 is 1.39. The smallest absolute Gasteiger partial charge is 0.262 e. The number of aromatic nitrogens is 4. The van der Waals surface area contributed by atoms with Crippen LogP contribution < -0.4 is 15.0 Å². The standard InChI is InChI=1S/C25H18N4O4S/c30-24-18-8-4-5-9-19(18)26-25(29(24)13-16-6-2-1-3-7-16)34-14-22-27-23(28-33-22)17-10-11-20-21(12-17)32-15-31-20/h1-12H,13-15H2. The summed E-state index contributed by atoms with van der Waals surface area (Å²) in [5.41, 5.74) is 2.37. The van der Waals surface area contributed by atoms with Gasteiger partial charge in [0.2, 0.25) is 18.5 Å². The zero-order valence-corrected chi connectivity index (χ0v) is 18.7. The Morgan fingerprint density at radius 3 is 2.65 bits per heavy atom. The van der Waals surface area contributed by atoms with Gasteiger partial charge in [-0.05, 0) is 35.9 Å². The highest BCUT2D eigenvalue weighted by Crippen LogP contribution is 2.35. The molecule has 0 saturated heterocycles. The first-order valence-electron chi connectivity index (χ1n) is 10.6. The van der Waals surface area contributed by atoms with Crippen molar-refractivity contribution in [3.63, 3.8) is 0 Å². The second kappa shape index (κ2) is 8.68. The first kappa shape index (κ1) is 20.5. The molecule has 0 saturated carbocycles. The lowest BCUT2D eigenvalue weighted by molar-refractivity contribution is 0.174. The van der Waals surface area contributed by atoms with Crippen LogP contribution >= 0.6 is 11.8 Å². The molecule has 3 aromatic carbocycles. The molecule has 168 valence electrons. The van der Waals surface area contributed by atoms with E-state index in [9.17, 15) is 4.79 Å². The van der Waals surface area contributed by atoms with E-state index in [0.29, 0.717) is 51.6 Å². The number of ether oxygens (including phenoxy) is 2. The fourth-order valence-electron chi connectivity index (χ4n) is 3.76. The van der Waals surface area contributed by atoms with Crippen LogP contribution in [0.2, 0.25) is 0 Å². The molecular formula is C25H18N4O4S. The molecule has 0 bridgehead atoms. The Morgan fingerprint density at radius 2 is 1.74 bits per heavy atom. The average Bonchev–Trinajstić information content (AvgIpc) is 3.54. The van der Waals surface area contributed by atoms with E-state index < -0.39 is 0 Å². The Bertz CT molecular complexity index is 1550. The van der Waals surface area contributed by atoms with Crippen LogP contribution in [0.1, 0.15) is 11.5 Å². The number of para-hydroxylation sites is 1. The molecule has 1 aliphatic rings. The van der Waals surface area contributed by atoms with Gasteiger partial charge in [-0.1, -0.05) is 59.4 Å². The molecule has 3 heterocycles. The van der Waals surface area contributed by atoms with E-state index in [4.69, 9.17) is 19.0 Å². The number of rotatable bonds is 6. The van der Waals surface area contributed by atoms with Crippen molar-refractivity contribution in [1.82, 2.24) is 19.7 Å². The van der Waals surface area contributed by atoms with Gasteiger partial charge in [-0.3, -0.25) is 9.36 Å². The first-order chi connectivity index (χ1) is 16.7. The summed E-state index contributed by atoms with van der Waals surface area (Å²) in [6, 6.07) is 22.7. The van der Waals surface area contributed by atoms with Gasteiger partial charge in [0.05, 0.1) is 23.2 Å². The zero-order chi connectivity index (χ0) is 22.9. The maximum Gasteiger partial charge on any atom is 0.262 e. The molecule has 0 aliphatic carbocycles. The number of hydrogen-bond donors (Lipinski definition) is 0. The van der Waals surface area contributed by atoms with Crippen LogP contribution in [0.3, 0.4) is 0 Å². The lowest BCUT2D eigenvalue weighted by atomic mass is 10.2.